The van der Waals surface area contributed by atoms with Crippen molar-refractivity contribution < 1.29 is 23.9 Å². The Morgan fingerprint density at radius 1 is 0.952 bits per heavy atom. The van der Waals surface area contributed by atoms with Gasteiger partial charge in [0.25, 0.3) is 5.56 Å². The van der Waals surface area contributed by atoms with E-state index in [9.17, 15) is 19.2 Å². The summed E-state index contributed by atoms with van der Waals surface area (Å²) in [6.45, 7) is 6.60. The average Bonchev–Trinajstić information content (AvgIpc) is 2.93. The van der Waals surface area contributed by atoms with Gasteiger partial charge in [-0.3, -0.25) is 29.5 Å². The third-order valence-corrected chi connectivity index (χ3v) is 6.86. The summed E-state index contributed by atoms with van der Waals surface area (Å²) in [6.07, 6.45) is 20.0. The van der Waals surface area contributed by atoms with Gasteiger partial charge < -0.3 is 20.1 Å². The van der Waals surface area contributed by atoms with Crippen LogP contribution in [0.15, 0.2) is 29.1 Å². The number of rotatable bonds is 19. The van der Waals surface area contributed by atoms with Crippen LogP contribution in [0.5, 0.6) is 0 Å². The van der Waals surface area contributed by atoms with E-state index in [0.29, 0.717) is 6.42 Å². The highest BCUT2D eigenvalue weighted by atomic mass is 16.6. The summed E-state index contributed by atoms with van der Waals surface area (Å²) in [5.74, 6) is -0.937. The third-order valence-electron chi connectivity index (χ3n) is 6.86. The number of H-pyrrole nitrogens is 1. The second-order valence-electron chi connectivity index (χ2n) is 10.7. The zero-order valence-corrected chi connectivity index (χ0v) is 25.6. The first-order valence-electron chi connectivity index (χ1n) is 15.3. The van der Waals surface area contributed by atoms with Crippen molar-refractivity contribution in [2.45, 2.75) is 123 Å². The summed E-state index contributed by atoms with van der Waals surface area (Å²) in [4.78, 5) is 55.1. The highest BCUT2D eigenvalue weighted by molar-refractivity contribution is 5.89. The van der Waals surface area contributed by atoms with Gasteiger partial charge in [-0.05, 0) is 45.4 Å². The van der Waals surface area contributed by atoms with E-state index in [-0.39, 0.29) is 29.9 Å². The van der Waals surface area contributed by atoms with Crippen LogP contribution in [0.4, 0.5) is 17.5 Å². The van der Waals surface area contributed by atoms with Gasteiger partial charge in [-0.2, -0.15) is 4.98 Å². The second kappa shape index (κ2) is 19.5. The number of unbranched alkanes of at least 4 members (excludes halogenated alkanes) is 8. The number of aromatic amines is 1. The number of aromatic nitrogens is 2. The number of carbonyl (C=O) groups excluding carboxylic acids is 3. The maximum Gasteiger partial charge on any atom is 0.303 e. The number of fused-ring (bicyclic) bond motifs is 1. The molecule has 0 aromatic carbocycles. The van der Waals surface area contributed by atoms with Crippen LogP contribution in [-0.4, -0.2) is 52.6 Å². The molecule has 2 rings (SSSR count). The minimum absolute atomic E-state index is 0.0592. The molecule has 1 aromatic heterocycles. The molecule has 4 N–H and O–H groups in total. The molecule has 11 nitrogen and oxygen atoms in total. The molecule has 0 saturated carbocycles. The molecule has 1 aliphatic rings. The summed E-state index contributed by atoms with van der Waals surface area (Å²) >= 11 is 0. The van der Waals surface area contributed by atoms with Crippen LogP contribution in [0.1, 0.15) is 105 Å². The van der Waals surface area contributed by atoms with Gasteiger partial charge in [-0.1, -0.05) is 63.3 Å². The minimum atomic E-state index is -0.838. The van der Waals surface area contributed by atoms with Gasteiger partial charge in [0, 0.05) is 26.8 Å². The van der Waals surface area contributed by atoms with E-state index in [4.69, 9.17) is 9.47 Å². The lowest BCUT2D eigenvalue weighted by Gasteiger charge is -2.34. The first-order valence-corrected chi connectivity index (χ1v) is 15.3. The van der Waals surface area contributed by atoms with E-state index in [1.54, 1.807) is 6.92 Å². The van der Waals surface area contributed by atoms with E-state index in [1.165, 1.54) is 39.5 Å². The number of nitrogens with one attached hydrogen (secondary N) is 4. The number of amides is 1. The molecule has 234 valence electrons. The normalized spacial score (nSPS) is 15.9. The van der Waals surface area contributed by atoms with Gasteiger partial charge >= 0.3 is 11.9 Å². The molecule has 3 atom stereocenters. The molecule has 0 fully saturated rings. The Balaban J connectivity index is 1.71. The number of ether oxygens (including phenoxy) is 2. The first kappa shape index (κ1) is 34.6. The Morgan fingerprint density at radius 2 is 1.60 bits per heavy atom. The smallest absolute Gasteiger partial charge is 0.303 e. The molecule has 1 aliphatic heterocycles. The number of hydrogen-bond donors (Lipinski definition) is 4. The topological polar surface area (TPSA) is 152 Å². The fraction of sp³-hybridized carbons (Fsp3) is 0.645. The minimum Gasteiger partial charge on any atom is -0.459 e. The molecule has 0 spiro atoms. The number of carbonyl (C=O) groups is 3. The fourth-order valence-corrected chi connectivity index (χ4v) is 4.75. The van der Waals surface area contributed by atoms with Crippen LogP contribution in [0.2, 0.25) is 0 Å². The predicted octanol–water partition coefficient (Wildman–Crippen LogP) is 5.61. The molecule has 0 radical (unpaired) electrons. The molecule has 42 heavy (non-hydrogen) atoms. The number of esters is 2. The maximum atomic E-state index is 12.8. The number of nitrogens with zero attached hydrogens (tertiary/aromatic N) is 1. The van der Waals surface area contributed by atoms with Gasteiger partial charge in [0.05, 0.1) is 6.04 Å². The molecule has 0 saturated heterocycles. The fourth-order valence-electron chi connectivity index (χ4n) is 4.75. The molecule has 0 aliphatic carbocycles. The zero-order chi connectivity index (χ0) is 30.7. The van der Waals surface area contributed by atoms with Crippen molar-refractivity contribution in [3.05, 3.63) is 34.7 Å². The summed E-state index contributed by atoms with van der Waals surface area (Å²) in [6, 6.07) is -0.558. The second-order valence-corrected chi connectivity index (χ2v) is 10.7. The van der Waals surface area contributed by atoms with E-state index in [2.05, 4.69) is 57.1 Å². The van der Waals surface area contributed by atoms with Crippen LogP contribution in [0.25, 0.3) is 0 Å². The molecule has 1 aromatic rings. The van der Waals surface area contributed by atoms with E-state index < -0.39 is 35.7 Å². The maximum absolute atomic E-state index is 12.8. The van der Waals surface area contributed by atoms with Crippen molar-refractivity contribution >= 4 is 35.3 Å². The predicted molar refractivity (Wildman–Crippen MR) is 166 cm³/mol. The van der Waals surface area contributed by atoms with Crippen LogP contribution >= 0.6 is 0 Å². The van der Waals surface area contributed by atoms with Crippen molar-refractivity contribution in [1.82, 2.24) is 9.97 Å². The Kier molecular flexibility index (Phi) is 16.0. The van der Waals surface area contributed by atoms with Crippen LogP contribution < -0.4 is 21.5 Å². The summed E-state index contributed by atoms with van der Waals surface area (Å²) in [5.41, 5.74) is -0.351. The summed E-state index contributed by atoms with van der Waals surface area (Å²) in [5, 5.41) is 8.74. The molecule has 2 heterocycles. The van der Waals surface area contributed by atoms with Crippen LogP contribution in [0, 0.1) is 0 Å². The van der Waals surface area contributed by atoms with E-state index in [0.717, 1.165) is 44.9 Å². The molecular weight excluding hydrogens is 538 g/mol. The van der Waals surface area contributed by atoms with Gasteiger partial charge in [0.15, 0.2) is 11.9 Å². The molecule has 11 heteroatoms. The van der Waals surface area contributed by atoms with Gasteiger partial charge in [-0.25, -0.2) is 0 Å². The van der Waals surface area contributed by atoms with Crippen molar-refractivity contribution in [1.29, 1.82) is 0 Å². The Bertz CT molecular complexity index is 1120. The van der Waals surface area contributed by atoms with Crippen molar-refractivity contribution in [3.8, 4) is 0 Å². The molecule has 1 amide bonds. The number of anilines is 3. The molecule has 0 bridgehead atoms. The highest BCUT2D eigenvalue weighted by Gasteiger charge is 2.35. The van der Waals surface area contributed by atoms with Crippen molar-refractivity contribution in [3.63, 3.8) is 0 Å². The Labute approximate surface area is 249 Å². The lowest BCUT2D eigenvalue weighted by molar-refractivity contribution is -0.164. The van der Waals surface area contributed by atoms with E-state index >= 15 is 0 Å². The summed E-state index contributed by atoms with van der Waals surface area (Å²) < 4.78 is 10.6. The monoisotopic (exact) mass is 587 g/mol. The van der Waals surface area contributed by atoms with Gasteiger partial charge in [0.1, 0.15) is 11.8 Å². The van der Waals surface area contributed by atoms with Crippen LogP contribution in [0.3, 0.4) is 0 Å². The Hall–Kier alpha value is -3.63. The third kappa shape index (κ3) is 13.4. The first-order chi connectivity index (χ1) is 20.2. The number of allylic oxidation sites excluding steroid dienone is 4. The SMILES string of the molecule is CCCCC/C=C/C/C=C/CCCCCCCC(=O)Nc1nc2c(c(=O)[nH]1)NC(C(OC(C)=O)C(C)OC(C)=O)CN2. The quantitative estimate of drug-likeness (QED) is 0.0919. The lowest BCUT2D eigenvalue weighted by Crippen LogP contribution is -2.51. The summed E-state index contributed by atoms with van der Waals surface area (Å²) in [7, 11) is 0. The molecule has 3 unspecified atom stereocenters. The average molecular weight is 588 g/mol. The van der Waals surface area contributed by atoms with Crippen LogP contribution in [-0.2, 0) is 23.9 Å². The van der Waals surface area contributed by atoms with Gasteiger partial charge in [-0.15, -0.1) is 0 Å². The zero-order valence-electron chi connectivity index (χ0n) is 25.6. The Morgan fingerprint density at radius 3 is 2.26 bits per heavy atom. The highest BCUT2D eigenvalue weighted by Crippen LogP contribution is 2.24. The van der Waals surface area contributed by atoms with Gasteiger partial charge in [0.2, 0.25) is 11.9 Å². The molecular formula is C31H49N5O6. The van der Waals surface area contributed by atoms with Crippen molar-refractivity contribution in [2.75, 3.05) is 22.5 Å². The largest absolute Gasteiger partial charge is 0.459 e. The standard InChI is InChI=1S/C31H49N5O6/c1-5-6-7-8-9-10-11-12-13-14-15-16-17-18-19-20-26(39)34-31-35-29-27(30(40)36-31)33-25(21-32-29)28(42-24(4)38)22(2)41-23(3)37/h9-10,12-13,22,25,28,33H,5-8,11,14-21H2,1-4H3,(H3,32,34,35,36,39,40)/b10-9+,13-12+. The lowest BCUT2D eigenvalue weighted by atomic mass is 10.0. The van der Waals surface area contributed by atoms with Crippen molar-refractivity contribution in [2.24, 2.45) is 0 Å². The van der Waals surface area contributed by atoms with E-state index in [1.807, 2.05) is 0 Å². The number of hydrogen-bond acceptors (Lipinski definition) is 9.